The van der Waals surface area contributed by atoms with Gasteiger partial charge < -0.3 is 15.7 Å². The number of amides is 2. The van der Waals surface area contributed by atoms with Crippen LogP contribution < -0.4 is 10.6 Å². The smallest absolute Gasteiger partial charge is 0.326 e. The second kappa shape index (κ2) is 17.8. The van der Waals surface area contributed by atoms with Crippen LogP contribution in [0.3, 0.4) is 0 Å². The van der Waals surface area contributed by atoms with Gasteiger partial charge in [0.1, 0.15) is 6.04 Å². The lowest BCUT2D eigenvalue weighted by Crippen LogP contribution is -2.51. The number of carboxylic acid groups (broad SMARTS) is 1. The highest BCUT2D eigenvalue weighted by Crippen LogP contribution is 2.21. The monoisotopic (exact) mass is 609 g/mol. The summed E-state index contributed by atoms with van der Waals surface area (Å²) in [5.74, 6) is 0.532. The molecule has 3 rings (SSSR count). The minimum absolute atomic E-state index is 0.0256. The van der Waals surface area contributed by atoms with Gasteiger partial charge in [0.2, 0.25) is 11.8 Å². The Kier molecular flexibility index (Phi) is 14.2. The Bertz CT molecular complexity index is 1290. The number of aliphatic carboxylic acids is 1. The third-order valence-corrected chi connectivity index (χ3v) is 9.01. The first-order chi connectivity index (χ1) is 20.3. The number of carboxylic acids is 1. The number of carbonyl (C=O) groups is 3. The van der Waals surface area contributed by atoms with Crippen molar-refractivity contribution in [2.45, 2.75) is 51.1 Å². The molecule has 3 aromatic rings. The molecule has 0 bridgehead atoms. The Morgan fingerprint density at radius 3 is 2.36 bits per heavy atom. The van der Waals surface area contributed by atoms with E-state index in [1.165, 1.54) is 5.56 Å². The molecule has 0 saturated carbocycles. The summed E-state index contributed by atoms with van der Waals surface area (Å²) >= 11 is 3.13. The molecule has 3 atom stereocenters. The van der Waals surface area contributed by atoms with Crippen LogP contribution >= 0.6 is 23.5 Å². The molecule has 0 aromatic heterocycles. The van der Waals surface area contributed by atoms with Gasteiger partial charge in [0.05, 0.1) is 12.3 Å². The lowest BCUT2D eigenvalue weighted by Gasteiger charge is -2.31. The summed E-state index contributed by atoms with van der Waals surface area (Å²) in [5, 5.41) is 17.8. The number of thioether (sulfide) groups is 2. The summed E-state index contributed by atoms with van der Waals surface area (Å²) in [4.78, 5) is 40.0. The predicted molar refractivity (Wildman–Crippen MR) is 176 cm³/mol. The van der Waals surface area contributed by atoms with Crippen molar-refractivity contribution >= 4 is 52.1 Å². The number of hydrogen-bond acceptors (Lipinski definition) is 6. The molecule has 9 heteroatoms. The number of rotatable bonds is 18. The average molecular weight is 610 g/mol. The molecule has 2 amide bonds. The van der Waals surface area contributed by atoms with Crippen molar-refractivity contribution in [1.29, 1.82) is 0 Å². The normalized spacial score (nSPS) is 13.4. The Hall–Kier alpha value is -3.01. The van der Waals surface area contributed by atoms with Gasteiger partial charge in [0, 0.05) is 24.9 Å². The van der Waals surface area contributed by atoms with Gasteiger partial charge in [-0.05, 0) is 46.2 Å². The first kappa shape index (κ1) is 33.5. The zero-order chi connectivity index (χ0) is 30.3. The number of fused-ring (bicyclic) bond motifs is 1. The van der Waals surface area contributed by atoms with Crippen molar-refractivity contribution in [3.05, 3.63) is 83.9 Å². The summed E-state index contributed by atoms with van der Waals surface area (Å²) in [6, 6.07) is 23.3. The van der Waals surface area contributed by atoms with Crippen LogP contribution in [0.5, 0.6) is 0 Å². The van der Waals surface area contributed by atoms with Gasteiger partial charge in [-0.25, -0.2) is 4.79 Å². The van der Waals surface area contributed by atoms with E-state index in [0.29, 0.717) is 31.0 Å². The maximum Gasteiger partial charge on any atom is 0.326 e. The van der Waals surface area contributed by atoms with Gasteiger partial charge in [-0.15, -0.1) is 11.8 Å². The minimum atomic E-state index is -1.03. The maximum atomic E-state index is 13.2. The van der Waals surface area contributed by atoms with Crippen molar-refractivity contribution in [2.75, 3.05) is 30.9 Å². The van der Waals surface area contributed by atoms with Gasteiger partial charge in [0.15, 0.2) is 0 Å². The lowest BCUT2D eigenvalue weighted by molar-refractivity contribution is -0.142. The third kappa shape index (κ3) is 11.0. The molecule has 0 radical (unpaired) electrons. The second-order valence-electron chi connectivity index (χ2n) is 10.6. The van der Waals surface area contributed by atoms with Gasteiger partial charge in [-0.3, -0.25) is 14.5 Å². The van der Waals surface area contributed by atoms with Crippen molar-refractivity contribution < 1.29 is 19.5 Å². The van der Waals surface area contributed by atoms with Crippen LogP contribution in [0.25, 0.3) is 10.8 Å². The van der Waals surface area contributed by atoms with Crippen LogP contribution in [-0.2, 0) is 26.7 Å². The van der Waals surface area contributed by atoms with E-state index in [1.807, 2.05) is 47.6 Å². The van der Waals surface area contributed by atoms with E-state index >= 15 is 0 Å². The van der Waals surface area contributed by atoms with E-state index in [0.717, 1.165) is 28.5 Å². The molecule has 3 N–H and O–H groups in total. The molecule has 0 spiro atoms. The molecule has 0 heterocycles. The quantitative estimate of drug-likeness (QED) is 0.177. The van der Waals surface area contributed by atoms with E-state index in [1.54, 1.807) is 23.5 Å². The highest BCUT2D eigenvalue weighted by Gasteiger charge is 2.25. The van der Waals surface area contributed by atoms with Crippen LogP contribution in [0, 0.1) is 5.92 Å². The van der Waals surface area contributed by atoms with Crippen molar-refractivity contribution in [3.63, 3.8) is 0 Å². The largest absolute Gasteiger partial charge is 0.480 e. The molecule has 7 nitrogen and oxygen atoms in total. The number of carbonyl (C=O) groups excluding carboxylic acids is 2. The van der Waals surface area contributed by atoms with Crippen LogP contribution in [0.4, 0.5) is 0 Å². The summed E-state index contributed by atoms with van der Waals surface area (Å²) in [7, 11) is 0. The number of nitrogens with one attached hydrogen (secondary N) is 2. The SMILES string of the molecule is CCC(C)C(CN(CC(=O)NC(CCSC)C(=O)O)Cc1cccc2ccccc12)NC(=O)CSCc1ccccc1. The average Bonchev–Trinajstić information content (AvgIpc) is 2.99. The van der Waals surface area contributed by atoms with Crippen molar-refractivity contribution in [3.8, 4) is 0 Å². The molecule has 0 aliphatic carbocycles. The van der Waals surface area contributed by atoms with E-state index < -0.39 is 12.0 Å². The molecule has 0 saturated heterocycles. The molecular weight excluding hydrogens is 567 g/mol. The molecule has 42 heavy (non-hydrogen) atoms. The fourth-order valence-electron chi connectivity index (χ4n) is 4.81. The van der Waals surface area contributed by atoms with Crippen LogP contribution in [0.2, 0.25) is 0 Å². The summed E-state index contributed by atoms with van der Waals surface area (Å²) in [6.07, 6.45) is 3.14. The first-order valence-corrected chi connectivity index (χ1v) is 17.0. The second-order valence-corrected chi connectivity index (χ2v) is 12.6. The molecule has 0 aliphatic rings. The van der Waals surface area contributed by atoms with Crippen LogP contribution in [-0.4, -0.2) is 70.7 Å². The zero-order valence-corrected chi connectivity index (χ0v) is 26.4. The van der Waals surface area contributed by atoms with Crippen molar-refractivity contribution in [1.82, 2.24) is 15.5 Å². The lowest BCUT2D eigenvalue weighted by atomic mass is 9.97. The Morgan fingerprint density at radius 2 is 1.64 bits per heavy atom. The van der Waals surface area contributed by atoms with Gasteiger partial charge in [0.25, 0.3) is 0 Å². The van der Waals surface area contributed by atoms with E-state index in [-0.39, 0.29) is 30.3 Å². The molecule has 0 aliphatic heterocycles. The fourth-order valence-corrected chi connectivity index (χ4v) is 6.08. The summed E-state index contributed by atoms with van der Waals surface area (Å²) < 4.78 is 0. The summed E-state index contributed by atoms with van der Waals surface area (Å²) in [6.45, 7) is 5.18. The molecule has 3 aromatic carbocycles. The molecular formula is C33H43N3O4S2. The fraction of sp³-hybridized carbons (Fsp3) is 0.424. The first-order valence-electron chi connectivity index (χ1n) is 14.4. The zero-order valence-electron chi connectivity index (χ0n) is 24.8. The number of nitrogens with zero attached hydrogens (tertiary/aromatic N) is 1. The minimum Gasteiger partial charge on any atom is -0.480 e. The highest BCUT2D eigenvalue weighted by molar-refractivity contribution is 7.99. The van der Waals surface area contributed by atoms with E-state index in [2.05, 4.69) is 60.9 Å². The topological polar surface area (TPSA) is 98.7 Å². The Morgan fingerprint density at radius 1 is 0.929 bits per heavy atom. The van der Waals surface area contributed by atoms with Crippen LogP contribution in [0.15, 0.2) is 72.8 Å². The van der Waals surface area contributed by atoms with Crippen molar-refractivity contribution in [2.24, 2.45) is 5.92 Å². The third-order valence-electron chi connectivity index (χ3n) is 7.36. The predicted octanol–water partition coefficient (Wildman–Crippen LogP) is 5.43. The Labute approximate surface area is 258 Å². The highest BCUT2D eigenvalue weighted by atomic mass is 32.2. The maximum absolute atomic E-state index is 13.2. The summed E-state index contributed by atoms with van der Waals surface area (Å²) in [5.41, 5.74) is 2.25. The van der Waals surface area contributed by atoms with Gasteiger partial charge in [-0.1, -0.05) is 93.1 Å². The van der Waals surface area contributed by atoms with E-state index in [9.17, 15) is 19.5 Å². The molecule has 226 valence electrons. The Balaban J connectivity index is 1.75. The van der Waals surface area contributed by atoms with E-state index in [4.69, 9.17) is 0 Å². The molecule has 0 fully saturated rings. The van der Waals surface area contributed by atoms with Gasteiger partial charge >= 0.3 is 5.97 Å². The molecule has 3 unspecified atom stereocenters. The van der Waals surface area contributed by atoms with Gasteiger partial charge in [-0.2, -0.15) is 11.8 Å². The van der Waals surface area contributed by atoms with Crippen LogP contribution in [0.1, 0.15) is 37.8 Å². The number of hydrogen-bond donors (Lipinski definition) is 3. The number of benzene rings is 3. The standard InChI is InChI=1S/C33H43N3O4S2/c1-4-24(2)30(35-32(38)23-42-22-25-11-6-5-7-12-25)20-36(21-31(37)34-29(33(39)40)17-18-41-3)19-27-15-10-14-26-13-8-9-16-28(26)27/h5-16,24,29-30H,4,17-23H2,1-3H3,(H,34,37)(H,35,38)(H,39,40).